The first-order chi connectivity index (χ1) is 8.53. The quantitative estimate of drug-likeness (QED) is 0.814. The third kappa shape index (κ3) is 3.08. The molecule has 0 atom stereocenters. The number of carbonyl (C=O) groups is 1. The highest BCUT2D eigenvalue weighted by atomic mass is 32.2. The fourth-order valence-electron chi connectivity index (χ4n) is 1.54. The molecule has 2 rings (SSSR count). The maximum atomic E-state index is 12.0. The monoisotopic (exact) mass is 269 g/mol. The average molecular weight is 269 g/mol. The minimum absolute atomic E-state index is 0.0889. The summed E-state index contributed by atoms with van der Waals surface area (Å²) in [5.41, 5.74) is 0.229. The van der Waals surface area contributed by atoms with E-state index in [-0.39, 0.29) is 10.5 Å². The van der Waals surface area contributed by atoms with E-state index >= 15 is 0 Å². The molecule has 1 aliphatic carbocycles. The zero-order valence-corrected chi connectivity index (χ0v) is 10.9. The molecule has 0 heterocycles. The molecule has 1 fully saturated rings. The highest BCUT2D eigenvalue weighted by Gasteiger charge is 2.24. The van der Waals surface area contributed by atoms with E-state index in [4.69, 9.17) is 0 Å². The van der Waals surface area contributed by atoms with Crippen molar-refractivity contribution in [2.75, 3.05) is 13.7 Å². The Morgan fingerprint density at radius 1 is 1.44 bits per heavy atom. The number of sulfonamides is 1. The molecular formula is C12H15NO4S. The lowest BCUT2D eigenvalue weighted by Crippen LogP contribution is -2.26. The summed E-state index contributed by atoms with van der Waals surface area (Å²) in [6.07, 6.45) is 2.15. The molecule has 98 valence electrons. The minimum Gasteiger partial charge on any atom is -0.465 e. The first-order valence-corrected chi connectivity index (χ1v) is 7.19. The van der Waals surface area contributed by atoms with Gasteiger partial charge in [-0.3, -0.25) is 0 Å². The molecule has 0 bridgehead atoms. The van der Waals surface area contributed by atoms with Crippen LogP contribution in [0, 0.1) is 5.92 Å². The second kappa shape index (κ2) is 5.07. The molecule has 0 unspecified atom stereocenters. The van der Waals surface area contributed by atoms with Gasteiger partial charge in [0.2, 0.25) is 10.0 Å². The molecule has 0 aromatic heterocycles. The predicted molar refractivity (Wildman–Crippen MR) is 65.7 cm³/mol. The van der Waals surface area contributed by atoms with Crippen LogP contribution >= 0.6 is 0 Å². The van der Waals surface area contributed by atoms with E-state index in [1.807, 2.05) is 0 Å². The Hall–Kier alpha value is -1.40. The van der Waals surface area contributed by atoms with Gasteiger partial charge < -0.3 is 4.74 Å². The number of methoxy groups -OCH3 is 1. The second-order valence-corrected chi connectivity index (χ2v) is 6.08. The first-order valence-electron chi connectivity index (χ1n) is 5.71. The Kier molecular flexibility index (Phi) is 3.68. The van der Waals surface area contributed by atoms with E-state index in [0.29, 0.717) is 12.5 Å². The Morgan fingerprint density at radius 3 is 2.78 bits per heavy atom. The molecule has 0 aliphatic heterocycles. The minimum atomic E-state index is -3.54. The van der Waals surface area contributed by atoms with E-state index in [9.17, 15) is 13.2 Å². The van der Waals surface area contributed by atoms with Crippen molar-refractivity contribution in [2.45, 2.75) is 17.7 Å². The van der Waals surface area contributed by atoms with Gasteiger partial charge in [0, 0.05) is 6.54 Å². The molecule has 0 spiro atoms. The van der Waals surface area contributed by atoms with Gasteiger partial charge in [0.1, 0.15) is 0 Å². The van der Waals surface area contributed by atoms with Gasteiger partial charge in [-0.25, -0.2) is 17.9 Å². The number of benzene rings is 1. The number of esters is 1. The normalized spacial score (nSPS) is 15.4. The Balaban J connectivity index is 2.17. The number of hydrogen-bond acceptors (Lipinski definition) is 4. The van der Waals surface area contributed by atoms with Gasteiger partial charge >= 0.3 is 5.97 Å². The number of rotatable bonds is 5. The maximum absolute atomic E-state index is 12.0. The summed E-state index contributed by atoms with van der Waals surface area (Å²) in [5, 5.41) is 0. The van der Waals surface area contributed by atoms with E-state index < -0.39 is 16.0 Å². The molecule has 0 radical (unpaired) electrons. The van der Waals surface area contributed by atoms with Gasteiger partial charge in [-0.2, -0.15) is 0 Å². The van der Waals surface area contributed by atoms with Gasteiger partial charge in [0.15, 0.2) is 0 Å². The molecule has 6 heteroatoms. The van der Waals surface area contributed by atoms with E-state index in [1.54, 1.807) is 0 Å². The van der Waals surface area contributed by atoms with Gasteiger partial charge in [0.25, 0.3) is 0 Å². The number of hydrogen-bond donors (Lipinski definition) is 1. The average Bonchev–Trinajstić information content (AvgIpc) is 3.20. The van der Waals surface area contributed by atoms with Crippen molar-refractivity contribution in [1.82, 2.24) is 4.72 Å². The van der Waals surface area contributed by atoms with Crippen LogP contribution in [0.1, 0.15) is 23.2 Å². The van der Waals surface area contributed by atoms with Gasteiger partial charge in [0.05, 0.1) is 17.6 Å². The summed E-state index contributed by atoms with van der Waals surface area (Å²) in [5.74, 6) is -0.0854. The summed E-state index contributed by atoms with van der Waals surface area (Å²) in [7, 11) is -2.28. The van der Waals surface area contributed by atoms with Crippen molar-refractivity contribution in [3.63, 3.8) is 0 Å². The molecule has 5 nitrogen and oxygen atoms in total. The molecule has 0 amide bonds. The summed E-state index contributed by atoms with van der Waals surface area (Å²) in [4.78, 5) is 11.4. The third-order valence-corrected chi connectivity index (χ3v) is 4.25. The predicted octanol–water partition coefficient (Wildman–Crippen LogP) is 1.16. The van der Waals surface area contributed by atoms with Crippen LogP contribution in [-0.2, 0) is 14.8 Å². The molecule has 1 aromatic rings. The summed E-state index contributed by atoms with van der Waals surface area (Å²) in [6.45, 7) is 0.463. The lowest BCUT2D eigenvalue weighted by atomic mass is 10.2. The first kappa shape index (κ1) is 13.0. The molecule has 1 N–H and O–H groups in total. The summed E-state index contributed by atoms with van der Waals surface area (Å²) >= 11 is 0. The van der Waals surface area contributed by atoms with Crippen LogP contribution in [0.15, 0.2) is 29.2 Å². The van der Waals surface area contributed by atoms with Crippen LogP contribution in [0.3, 0.4) is 0 Å². The van der Waals surface area contributed by atoms with E-state index in [1.165, 1.54) is 31.4 Å². The van der Waals surface area contributed by atoms with Crippen molar-refractivity contribution in [1.29, 1.82) is 0 Å². The zero-order chi connectivity index (χ0) is 13.2. The van der Waals surface area contributed by atoms with E-state index in [0.717, 1.165) is 12.8 Å². The SMILES string of the molecule is COC(=O)c1cccc(S(=O)(=O)NCC2CC2)c1. The molecule has 1 aromatic carbocycles. The van der Waals surface area contributed by atoms with Gasteiger partial charge in [-0.15, -0.1) is 0 Å². The third-order valence-electron chi connectivity index (χ3n) is 2.82. The molecule has 1 saturated carbocycles. The standard InChI is InChI=1S/C12H15NO4S/c1-17-12(14)10-3-2-4-11(7-10)18(15,16)13-8-9-5-6-9/h2-4,7,9,13H,5-6,8H2,1H3. The van der Waals surface area contributed by atoms with Crippen LogP contribution in [0.2, 0.25) is 0 Å². The smallest absolute Gasteiger partial charge is 0.337 e. The lowest BCUT2D eigenvalue weighted by molar-refractivity contribution is 0.0600. The summed E-state index contributed by atoms with van der Waals surface area (Å²) < 4.78 is 31.0. The fourth-order valence-corrected chi connectivity index (χ4v) is 2.70. The second-order valence-electron chi connectivity index (χ2n) is 4.31. The Morgan fingerprint density at radius 2 is 2.17 bits per heavy atom. The number of nitrogens with one attached hydrogen (secondary N) is 1. The fraction of sp³-hybridized carbons (Fsp3) is 0.417. The van der Waals surface area contributed by atoms with Gasteiger partial charge in [-0.1, -0.05) is 6.07 Å². The van der Waals surface area contributed by atoms with Gasteiger partial charge in [-0.05, 0) is 37.0 Å². The van der Waals surface area contributed by atoms with Crippen LogP contribution < -0.4 is 4.72 Å². The lowest BCUT2D eigenvalue weighted by Gasteiger charge is -2.07. The Bertz CT molecular complexity index is 549. The van der Waals surface area contributed by atoms with Crippen LogP contribution in [0.25, 0.3) is 0 Å². The largest absolute Gasteiger partial charge is 0.465 e. The van der Waals surface area contributed by atoms with Crippen molar-refractivity contribution >= 4 is 16.0 Å². The van der Waals surface area contributed by atoms with Crippen LogP contribution in [0.4, 0.5) is 0 Å². The molecule has 0 saturated heterocycles. The summed E-state index contributed by atoms with van der Waals surface area (Å²) in [6, 6.07) is 5.83. The number of ether oxygens (including phenoxy) is 1. The molecule has 18 heavy (non-hydrogen) atoms. The van der Waals surface area contributed by atoms with Crippen molar-refractivity contribution in [2.24, 2.45) is 5.92 Å². The van der Waals surface area contributed by atoms with Crippen molar-refractivity contribution < 1.29 is 17.9 Å². The molecular weight excluding hydrogens is 254 g/mol. The highest BCUT2D eigenvalue weighted by molar-refractivity contribution is 7.89. The molecule has 1 aliphatic rings. The van der Waals surface area contributed by atoms with Crippen LogP contribution in [-0.4, -0.2) is 28.0 Å². The van der Waals surface area contributed by atoms with Crippen molar-refractivity contribution in [3.05, 3.63) is 29.8 Å². The van der Waals surface area contributed by atoms with Crippen LogP contribution in [0.5, 0.6) is 0 Å². The topological polar surface area (TPSA) is 72.5 Å². The maximum Gasteiger partial charge on any atom is 0.337 e. The number of carbonyl (C=O) groups excluding carboxylic acids is 1. The Labute approximate surface area is 106 Å². The highest BCUT2D eigenvalue weighted by Crippen LogP contribution is 2.28. The van der Waals surface area contributed by atoms with E-state index in [2.05, 4.69) is 9.46 Å². The zero-order valence-electron chi connectivity index (χ0n) is 10.0. The van der Waals surface area contributed by atoms with Crippen molar-refractivity contribution in [3.8, 4) is 0 Å².